The van der Waals surface area contributed by atoms with Gasteiger partial charge < -0.3 is 14.8 Å². The van der Waals surface area contributed by atoms with Crippen LogP contribution in [-0.4, -0.2) is 29.5 Å². The molecule has 34 heavy (non-hydrogen) atoms. The van der Waals surface area contributed by atoms with Crippen LogP contribution in [-0.2, 0) is 19.9 Å². The molecule has 0 radical (unpaired) electrons. The van der Waals surface area contributed by atoms with Gasteiger partial charge in [0.1, 0.15) is 23.1 Å². The molecule has 0 fully saturated rings. The van der Waals surface area contributed by atoms with Crippen LogP contribution in [0.2, 0.25) is 0 Å². The summed E-state index contributed by atoms with van der Waals surface area (Å²) in [5.74, 6) is -1.02. The van der Waals surface area contributed by atoms with Gasteiger partial charge in [-0.25, -0.2) is 8.78 Å². The molecule has 0 aliphatic rings. The highest BCUT2D eigenvalue weighted by Gasteiger charge is 2.18. The molecule has 0 aliphatic carbocycles. The summed E-state index contributed by atoms with van der Waals surface area (Å²) in [4.78, 5) is 0. The maximum Gasteiger partial charge on any atom is 0.200 e. The molecule has 6 nitrogen and oxygen atoms in total. The Labute approximate surface area is 198 Å². The van der Waals surface area contributed by atoms with E-state index in [2.05, 4.69) is 10.2 Å². The van der Waals surface area contributed by atoms with E-state index < -0.39 is 11.6 Å². The third-order valence-corrected chi connectivity index (χ3v) is 6.18. The van der Waals surface area contributed by atoms with E-state index in [-0.39, 0.29) is 29.9 Å². The largest absolute Gasteiger partial charge is 0.508 e. The number of phenols is 2. The van der Waals surface area contributed by atoms with Crippen LogP contribution in [0.4, 0.5) is 8.78 Å². The minimum Gasteiger partial charge on any atom is -0.508 e. The number of nitrogens with zero attached hydrogens (tertiary/aromatic N) is 3. The minimum atomic E-state index is -0.530. The summed E-state index contributed by atoms with van der Waals surface area (Å²) in [6.45, 7) is 0. The molecule has 172 valence electrons. The summed E-state index contributed by atoms with van der Waals surface area (Å²) in [6.07, 6.45) is 2.35. The average Bonchev–Trinajstić information content (AvgIpc) is 3.37. The maximum absolute atomic E-state index is 14.0. The lowest BCUT2D eigenvalue weighted by Crippen LogP contribution is -2.00. The quantitative estimate of drug-likeness (QED) is 0.289. The highest BCUT2D eigenvalue weighted by Crippen LogP contribution is 2.36. The fraction of sp³-hybridized carbons (Fsp3) is 0.120. The number of nitrogens with one attached hydrogen (secondary N) is 1. The lowest BCUT2D eigenvalue weighted by molar-refractivity contribution is 0.446. The summed E-state index contributed by atoms with van der Waals surface area (Å²) in [7, 11) is 1.96. The number of benzene rings is 3. The van der Waals surface area contributed by atoms with Crippen molar-refractivity contribution < 1.29 is 19.0 Å². The van der Waals surface area contributed by atoms with Gasteiger partial charge in [0, 0.05) is 30.2 Å². The van der Waals surface area contributed by atoms with Crippen LogP contribution in [0, 0.1) is 16.4 Å². The predicted octanol–water partition coefficient (Wildman–Crippen LogP) is 5.56. The summed E-state index contributed by atoms with van der Waals surface area (Å²) in [6, 6.07) is 13.9. The number of hydrogen-bond donors (Lipinski definition) is 3. The number of fused-ring (bicyclic) bond motifs is 1. The lowest BCUT2D eigenvalue weighted by atomic mass is 10.00. The molecule has 2 heterocycles. The van der Waals surface area contributed by atoms with Gasteiger partial charge in [-0.05, 0) is 84.7 Å². The Morgan fingerprint density at radius 2 is 1.74 bits per heavy atom. The van der Waals surface area contributed by atoms with Gasteiger partial charge in [0.25, 0.3) is 0 Å². The molecule has 5 aromatic rings. The van der Waals surface area contributed by atoms with E-state index in [4.69, 9.17) is 12.2 Å². The highest BCUT2D eigenvalue weighted by molar-refractivity contribution is 7.71. The summed E-state index contributed by atoms with van der Waals surface area (Å²) >= 11 is 5.46. The maximum atomic E-state index is 14.0. The smallest absolute Gasteiger partial charge is 0.200 e. The molecular formula is C25H20F2N4O2S. The van der Waals surface area contributed by atoms with Crippen LogP contribution >= 0.6 is 12.2 Å². The Balaban J connectivity index is 1.55. The molecule has 0 unspecified atom stereocenters. The Hall–Kier alpha value is -3.98. The molecule has 3 N–H and O–H groups in total. The van der Waals surface area contributed by atoms with Crippen molar-refractivity contribution >= 4 is 23.1 Å². The van der Waals surface area contributed by atoms with Crippen molar-refractivity contribution in [3.8, 4) is 28.6 Å². The minimum absolute atomic E-state index is 0.149. The van der Waals surface area contributed by atoms with Gasteiger partial charge in [-0.3, -0.25) is 9.67 Å². The zero-order chi connectivity index (χ0) is 24.0. The van der Waals surface area contributed by atoms with Gasteiger partial charge >= 0.3 is 0 Å². The normalized spacial score (nSPS) is 11.4. The van der Waals surface area contributed by atoms with Gasteiger partial charge in [-0.1, -0.05) is 0 Å². The molecule has 2 aromatic heterocycles. The molecular weight excluding hydrogens is 458 g/mol. The van der Waals surface area contributed by atoms with E-state index in [1.165, 1.54) is 6.07 Å². The first-order valence-corrected chi connectivity index (χ1v) is 10.9. The van der Waals surface area contributed by atoms with E-state index in [0.29, 0.717) is 21.7 Å². The van der Waals surface area contributed by atoms with Gasteiger partial charge in [-0.2, -0.15) is 5.10 Å². The van der Waals surface area contributed by atoms with E-state index in [1.807, 2.05) is 42.1 Å². The van der Waals surface area contributed by atoms with Crippen LogP contribution in [0.1, 0.15) is 11.1 Å². The van der Waals surface area contributed by atoms with Crippen LogP contribution in [0.5, 0.6) is 11.5 Å². The lowest BCUT2D eigenvalue weighted by Gasteiger charge is -2.12. The number of hydrogen-bond acceptors (Lipinski definition) is 4. The molecule has 0 spiro atoms. The SMILES string of the molecule is Cn1ccc2cc(-n3c(-c4cc(CCc5cc(F)ccc5F)c(O)cc4O)n[nH]c3=S)ccc21. The molecule has 0 saturated carbocycles. The summed E-state index contributed by atoms with van der Waals surface area (Å²) in [5.41, 5.74) is 2.80. The Morgan fingerprint density at radius 3 is 2.56 bits per heavy atom. The van der Waals surface area contributed by atoms with E-state index in [0.717, 1.165) is 34.8 Å². The monoisotopic (exact) mass is 478 g/mol. The topological polar surface area (TPSA) is 79.0 Å². The number of halogens is 2. The van der Waals surface area contributed by atoms with Crippen molar-refractivity contribution in [2.75, 3.05) is 0 Å². The van der Waals surface area contributed by atoms with Crippen molar-refractivity contribution in [3.05, 3.63) is 88.3 Å². The number of aromatic amines is 1. The first-order chi connectivity index (χ1) is 16.3. The molecule has 5 rings (SSSR count). The average molecular weight is 479 g/mol. The zero-order valence-electron chi connectivity index (χ0n) is 18.1. The van der Waals surface area contributed by atoms with Crippen molar-refractivity contribution in [1.29, 1.82) is 0 Å². The predicted molar refractivity (Wildman–Crippen MR) is 128 cm³/mol. The van der Waals surface area contributed by atoms with Crippen LogP contribution in [0.15, 0.2) is 60.8 Å². The molecule has 0 amide bonds. The fourth-order valence-corrected chi connectivity index (χ4v) is 4.37. The van der Waals surface area contributed by atoms with Crippen LogP contribution in [0.25, 0.3) is 28.0 Å². The first-order valence-electron chi connectivity index (χ1n) is 10.5. The fourth-order valence-electron chi connectivity index (χ4n) is 4.13. The second-order valence-electron chi connectivity index (χ2n) is 8.09. The number of aromatic nitrogens is 4. The summed E-state index contributed by atoms with van der Waals surface area (Å²) in [5, 5.41) is 29.1. The van der Waals surface area contributed by atoms with E-state index in [9.17, 15) is 19.0 Å². The molecule has 0 bridgehead atoms. The Morgan fingerprint density at radius 1 is 0.941 bits per heavy atom. The molecule has 0 aliphatic heterocycles. The Bertz CT molecular complexity index is 1600. The standard InChI is InChI=1S/C25H20F2N4O2S/c1-30-9-8-15-11-18(5-7-21(15)30)31-24(28-29-25(31)34)19-12-16(22(32)13-23(19)33)3-2-14-10-17(26)4-6-20(14)27/h4-13,32-33H,2-3H2,1H3,(H,29,34). The van der Waals surface area contributed by atoms with Crippen molar-refractivity contribution in [2.45, 2.75) is 12.8 Å². The second kappa shape index (κ2) is 8.42. The number of phenolic OH excluding ortho intramolecular Hbond substituents is 2. The number of aryl methyl sites for hydroxylation is 3. The summed E-state index contributed by atoms with van der Waals surface area (Å²) < 4.78 is 31.6. The Kier molecular flexibility index (Phi) is 5.41. The number of aromatic hydroxyl groups is 2. The van der Waals surface area contributed by atoms with E-state index >= 15 is 0 Å². The first kappa shape index (κ1) is 21.8. The van der Waals surface area contributed by atoms with Crippen molar-refractivity contribution in [2.24, 2.45) is 7.05 Å². The van der Waals surface area contributed by atoms with Gasteiger partial charge in [-0.15, -0.1) is 0 Å². The zero-order valence-corrected chi connectivity index (χ0v) is 18.9. The third kappa shape index (κ3) is 3.84. The van der Waals surface area contributed by atoms with Crippen molar-refractivity contribution in [1.82, 2.24) is 19.3 Å². The van der Waals surface area contributed by atoms with Crippen molar-refractivity contribution in [3.63, 3.8) is 0 Å². The van der Waals surface area contributed by atoms with Crippen LogP contribution < -0.4 is 0 Å². The van der Waals surface area contributed by atoms with Gasteiger partial charge in [0.2, 0.25) is 0 Å². The molecule has 3 aromatic carbocycles. The highest BCUT2D eigenvalue weighted by atomic mass is 32.1. The molecule has 0 atom stereocenters. The molecule has 0 saturated heterocycles. The number of H-pyrrole nitrogens is 1. The second-order valence-corrected chi connectivity index (χ2v) is 8.48. The molecule has 9 heteroatoms. The number of rotatable bonds is 5. The third-order valence-electron chi connectivity index (χ3n) is 5.91. The van der Waals surface area contributed by atoms with Gasteiger partial charge in [0.15, 0.2) is 10.6 Å². The van der Waals surface area contributed by atoms with Gasteiger partial charge in [0.05, 0.1) is 11.3 Å². The van der Waals surface area contributed by atoms with E-state index in [1.54, 1.807) is 10.6 Å². The van der Waals surface area contributed by atoms with Crippen LogP contribution in [0.3, 0.4) is 0 Å².